The van der Waals surface area contributed by atoms with Crippen molar-refractivity contribution in [2.75, 3.05) is 0 Å². The SMILES string of the molecule is OC1NC(O)c2cc(Cl)c(Cl)cc21. The molecule has 1 heterocycles. The van der Waals surface area contributed by atoms with Gasteiger partial charge in [0, 0.05) is 11.1 Å². The number of halogens is 2. The summed E-state index contributed by atoms with van der Waals surface area (Å²) in [6.07, 6.45) is -1.75. The molecule has 2 unspecified atom stereocenters. The molecule has 70 valence electrons. The first kappa shape index (κ1) is 9.24. The molecule has 3 nitrogen and oxygen atoms in total. The maximum absolute atomic E-state index is 9.39. The summed E-state index contributed by atoms with van der Waals surface area (Å²) >= 11 is 11.5. The molecule has 0 spiro atoms. The predicted molar refractivity (Wildman–Crippen MR) is 49.5 cm³/mol. The maximum atomic E-state index is 9.39. The summed E-state index contributed by atoms with van der Waals surface area (Å²) in [5.74, 6) is 0. The van der Waals surface area contributed by atoms with E-state index in [9.17, 15) is 10.2 Å². The van der Waals surface area contributed by atoms with Crippen molar-refractivity contribution in [1.82, 2.24) is 5.32 Å². The van der Waals surface area contributed by atoms with Gasteiger partial charge in [0.15, 0.2) is 0 Å². The fourth-order valence-electron chi connectivity index (χ4n) is 1.38. The van der Waals surface area contributed by atoms with Gasteiger partial charge < -0.3 is 10.2 Å². The second-order valence-electron chi connectivity index (χ2n) is 2.87. The summed E-state index contributed by atoms with van der Waals surface area (Å²) in [6, 6.07) is 3.10. The highest BCUT2D eigenvalue weighted by Gasteiger charge is 2.28. The third-order valence-electron chi connectivity index (χ3n) is 2.03. The number of rotatable bonds is 0. The molecule has 0 radical (unpaired) electrons. The Balaban J connectivity index is 2.58. The summed E-state index contributed by atoms with van der Waals surface area (Å²) in [4.78, 5) is 0. The Morgan fingerprint density at radius 1 is 1.00 bits per heavy atom. The van der Waals surface area contributed by atoms with E-state index in [4.69, 9.17) is 23.2 Å². The van der Waals surface area contributed by atoms with Gasteiger partial charge in [0.2, 0.25) is 0 Å². The summed E-state index contributed by atoms with van der Waals surface area (Å²) in [5.41, 5.74) is 1.14. The number of nitrogens with one attached hydrogen (secondary N) is 1. The highest BCUT2D eigenvalue weighted by atomic mass is 35.5. The van der Waals surface area contributed by atoms with Crippen LogP contribution < -0.4 is 5.32 Å². The van der Waals surface area contributed by atoms with Gasteiger partial charge in [-0.2, -0.15) is 0 Å². The zero-order chi connectivity index (χ0) is 9.59. The number of fused-ring (bicyclic) bond motifs is 1. The van der Waals surface area contributed by atoms with Gasteiger partial charge in [-0.15, -0.1) is 0 Å². The second-order valence-corrected chi connectivity index (χ2v) is 3.68. The Labute approximate surface area is 84.9 Å². The normalized spacial score (nSPS) is 26.2. The Bertz CT molecular complexity index is 323. The predicted octanol–water partition coefficient (Wildman–Crippen LogP) is 1.58. The lowest BCUT2D eigenvalue weighted by Gasteiger charge is -2.04. The molecule has 1 aromatic rings. The van der Waals surface area contributed by atoms with Gasteiger partial charge in [0.05, 0.1) is 10.0 Å². The van der Waals surface area contributed by atoms with Crippen LogP contribution in [-0.2, 0) is 0 Å². The van der Waals surface area contributed by atoms with E-state index in [1.807, 2.05) is 0 Å². The fraction of sp³-hybridized carbons (Fsp3) is 0.250. The molecule has 3 N–H and O–H groups in total. The van der Waals surface area contributed by atoms with Gasteiger partial charge in [0.25, 0.3) is 0 Å². The monoisotopic (exact) mass is 219 g/mol. The molecule has 2 rings (SSSR count). The molecule has 0 bridgehead atoms. The van der Waals surface area contributed by atoms with E-state index < -0.39 is 12.5 Å². The van der Waals surface area contributed by atoms with Gasteiger partial charge >= 0.3 is 0 Å². The van der Waals surface area contributed by atoms with E-state index in [-0.39, 0.29) is 0 Å². The quantitative estimate of drug-likeness (QED) is 0.622. The van der Waals surface area contributed by atoms with Crippen molar-refractivity contribution in [3.8, 4) is 0 Å². The lowest BCUT2D eigenvalue weighted by atomic mass is 10.1. The van der Waals surface area contributed by atoms with Crippen LogP contribution in [0.5, 0.6) is 0 Å². The molecule has 1 aliphatic rings. The largest absolute Gasteiger partial charge is 0.374 e. The number of aliphatic hydroxyl groups is 2. The fourth-order valence-corrected chi connectivity index (χ4v) is 1.72. The Hall–Kier alpha value is -0.320. The first-order valence-corrected chi connectivity index (χ1v) is 4.46. The first-order valence-electron chi connectivity index (χ1n) is 3.70. The molecular formula is C8H7Cl2NO2. The van der Waals surface area contributed by atoms with Crippen molar-refractivity contribution in [3.63, 3.8) is 0 Å². The van der Waals surface area contributed by atoms with Crippen molar-refractivity contribution < 1.29 is 10.2 Å². The number of benzene rings is 1. The topological polar surface area (TPSA) is 52.5 Å². The van der Waals surface area contributed by atoms with Crippen molar-refractivity contribution in [2.24, 2.45) is 0 Å². The summed E-state index contributed by atoms with van der Waals surface area (Å²) in [7, 11) is 0. The molecule has 0 aromatic heterocycles. The minimum absolute atomic E-state index is 0.371. The lowest BCUT2D eigenvalue weighted by Crippen LogP contribution is -2.16. The van der Waals surface area contributed by atoms with E-state index >= 15 is 0 Å². The van der Waals surface area contributed by atoms with Crippen molar-refractivity contribution in [3.05, 3.63) is 33.3 Å². The van der Waals surface area contributed by atoms with Crippen molar-refractivity contribution in [1.29, 1.82) is 0 Å². The van der Waals surface area contributed by atoms with Crippen LogP contribution in [0.4, 0.5) is 0 Å². The molecular weight excluding hydrogens is 213 g/mol. The number of hydrogen-bond donors (Lipinski definition) is 3. The van der Waals surface area contributed by atoms with E-state index in [0.717, 1.165) is 0 Å². The molecule has 5 heteroatoms. The zero-order valence-corrected chi connectivity index (χ0v) is 7.97. The van der Waals surface area contributed by atoms with E-state index in [0.29, 0.717) is 21.2 Å². The average Bonchev–Trinajstić information content (AvgIpc) is 2.31. The van der Waals surface area contributed by atoms with Crippen LogP contribution in [0.15, 0.2) is 12.1 Å². The molecule has 0 amide bonds. The second kappa shape index (κ2) is 3.12. The highest BCUT2D eigenvalue weighted by molar-refractivity contribution is 6.42. The van der Waals surface area contributed by atoms with Crippen molar-refractivity contribution >= 4 is 23.2 Å². The zero-order valence-electron chi connectivity index (χ0n) is 6.46. The van der Waals surface area contributed by atoms with Gasteiger partial charge in [-0.25, -0.2) is 0 Å². The van der Waals surface area contributed by atoms with Crippen LogP contribution in [0.1, 0.15) is 23.6 Å². The minimum Gasteiger partial charge on any atom is -0.374 e. The van der Waals surface area contributed by atoms with Gasteiger partial charge in [-0.3, -0.25) is 5.32 Å². The Morgan fingerprint density at radius 2 is 1.38 bits per heavy atom. The van der Waals surface area contributed by atoms with Crippen LogP contribution in [0.3, 0.4) is 0 Å². The lowest BCUT2D eigenvalue weighted by molar-refractivity contribution is 0.0671. The van der Waals surface area contributed by atoms with Gasteiger partial charge in [-0.1, -0.05) is 23.2 Å². The van der Waals surface area contributed by atoms with E-state index in [2.05, 4.69) is 5.32 Å². The van der Waals surface area contributed by atoms with Crippen LogP contribution in [-0.4, -0.2) is 10.2 Å². The Kier molecular flexibility index (Phi) is 2.21. The van der Waals surface area contributed by atoms with Crippen LogP contribution in [0.2, 0.25) is 10.0 Å². The summed E-state index contributed by atoms with van der Waals surface area (Å²) in [5, 5.41) is 22.1. The Morgan fingerprint density at radius 3 is 1.77 bits per heavy atom. The standard InChI is InChI=1S/C8H7Cl2NO2/c9-5-1-3-4(2-6(5)10)8(13)11-7(3)12/h1-2,7-8,11-13H. The highest BCUT2D eigenvalue weighted by Crippen LogP contribution is 2.35. The molecule has 13 heavy (non-hydrogen) atoms. The van der Waals surface area contributed by atoms with Gasteiger partial charge in [0.1, 0.15) is 12.5 Å². The minimum atomic E-state index is -0.875. The molecule has 2 atom stereocenters. The summed E-state index contributed by atoms with van der Waals surface area (Å²) in [6.45, 7) is 0. The average molecular weight is 220 g/mol. The molecule has 1 aromatic carbocycles. The molecule has 0 saturated heterocycles. The number of hydrogen-bond acceptors (Lipinski definition) is 3. The maximum Gasteiger partial charge on any atom is 0.133 e. The molecule has 1 aliphatic heterocycles. The molecule has 0 saturated carbocycles. The number of aliphatic hydroxyl groups excluding tert-OH is 2. The first-order chi connectivity index (χ1) is 6.09. The van der Waals surface area contributed by atoms with E-state index in [1.165, 1.54) is 0 Å². The van der Waals surface area contributed by atoms with E-state index in [1.54, 1.807) is 12.1 Å². The summed E-state index contributed by atoms with van der Waals surface area (Å²) < 4.78 is 0. The van der Waals surface area contributed by atoms with Gasteiger partial charge in [-0.05, 0) is 12.1 Å². The molecule has 0 aliphatic carbocycles. The third kappa shape index (κ3) is 1.43. The van der Waals surface area contributed by atoms with Crippen LogP contribution in [0.25, 0.3) is 0 Å². The smallest absolute Gasteiger partial charge is 0.133 e. The van der Waals surface area contributed by atoms with Crippen LogP contribution >= 0.6 is 23.2 Å². The van der Waals surface area contributed by atoms with Crippen LogP contribution in [0, 0.1) is 0 Å². The molecule has 0 fully saturated rings. The third-order valence-corrected chi connectivity index (χ3v) is 2.75. The van der Waals surface area contributed by atoms with Crippen molar-refractivity contribution in [2.45, 2.75) is 12.5 Å².